The van der Waals surface area contributed by atoms with Gasteiger partial charge in [-0.25, -0.2) is 0 Å². The average Bonchev–Trinajstić information content (AvgIpc) is 3.21. The summed E-state index contributed by atoms with van der Waals surface area (Å²) in [4.78, 5) is 40.8. The first-order valence-electron chi connectivity index (χ1n) is 12.9. The molecular weight excluding hydrogens is 480 g/mol. The van der Waals surface area contributed by atoms with Crippen molar-refractivity contribution >= 4 is 34.4 Å². The van der Waals surface area contributed by atoms with Crippen LogP contribution >= 0.6 is 0 Å². The van der Waals surface area contributed by atoms with E-state index in [1.54, 1.807) is 6.92 Å². The molecule has 0 radical (unpaired) electrons. The minimum absolute atomic E-state index is 0.0445. The third-order valence-corrected chi connectivity index (χ3v) is 11.5. The SMILES string of the molecule is C=C1C[C@]23C[C@H]1[C@@H](O[Si](C)(C)C)CC2[C@]12OC(=O)C(C)(C(=O)CC1O[Si](C)(C)C)C2[C@@H]3C(=O)OC. The zero-order valence-electron chi connectivity index (χ0n) is 22.4. The minimum atomic E-state index is -2.13. The number of hydrogen-bond donors (Lipinski definition) is 0. The van der Waals surface area contributed by atoms with Crippen LogP contribution in [-0.4, -0.2) is 59.3 Å². The number of carbonyl (C=O) groups is 3. The van der Waals surface area contributed by atoms with Gasteiger partial charge >= 0.3 is 11.9 Å². The standard InChI is InChI=1S/C26H40O7Si2/c1-14-12-25-13-15(14)16(32-34(4,5)6)10-17(25)26-19(33-35(7,8)9)11-18(27)24(2,23(29)31-26)21(26)20(25)22(28)30-3/h15-17,19-21H,1,10-13H2,2-9H3/t15-,16+,17?,19?,20-,21?,24?,25+,26+/m1/s1. The molecule has 4 bridgehead atoms. The molecule has 1 aliphatic heterocycles. The molecule has 0 aromatic heterocycles. The number of carbonyl (C=O) groups excluding carboxylic acids is 3. The smallest absolute Gasteiger partial charge is 0.320 e. The number of rotatable bonds is 5. The molecule has 9 atom stereocenters. The molecule has 4 unspecified atom stereocenters. The first kappa shape index (κ1) is 25.4. The molecule has 1 spiro atoms. The summed E-state index contributed by atoms with van der Waals surface area (Å²) in [7, 11) is -2.62. The van der Waals surface area contributed by atoms with Crippen LogP contribution in [0.25, 0.3) is 0 Å². The van der Waals surface area contributed by atoms with Gasteiger partial charge in [0.15, 0.2) is 22.4 Å². The molecule has 5 fully saturated rings. The maximum atomic E-state index is 13.6. The summed E-state index contributed by atoms with van der Waals surface area (Å²) in [5.41, 5.74) is -1.80. The van der Waals surface area contributed by atoms with Gasteiger partial charge in [0.05, 0.1) is 25.2 Å². The Kier molecular flexibility index (Phi) is 5.35. The number of methoxy groups -OCH3 is 1. The van der Waals surface area contributed by atoms with Crippen molar-refractivity contribution in [2.45, 2.75) is 89.7 Å². The van der Waals surface area contributed by atoms with E-state index in [1.807, 2.05) is 0 Å². The Morgan fingerprint density at radius 1 is 1.09 bits per heavy atom. The zero-order valence-corrected chi connectivity index (χ0v) is 24.4. The van der Waals surface area contributed by atoms with Crippen molar-refractivity contribution in [1.82, 2.24) is 0 Å². The largest absolute Gasteiger partial charge is 0.469 e. The number of fused-ring (bicyclic) bond motifs is 1. The molecule has 0 aromatic rings. The van der Waals surface area contributed by atoms with E-state index < -0.39 is 57.0 Å². The lowest BCUT2D eigenvalue weighted by Crippen LogP contribution is -2.62. The maximum absolute atomic E-state index is 13.6. The van der Waals surface area contributed by atoms with Crippen LogP contribution in [0.15, 0.2) is 12.2 Å². The minimum Gasteiger partial charge on any atom is -0.469 e. The summed E-state index contributed by atoms with van der Waals surface area (Å²) in [6, 6.07) is 0. The fourth-order valence-corrected chi connectivity index (χ4v) is 10.9. The predicted molar refractivity (Wildman–Crippen MR) is 134 cm³/mol. The van der Waals surface area contributed by atoms with Gasteiger partial charge in [0, 0.05) is 24.2 Å². The van der Waals surface area contributed by atoms with Crippen LogP contribution in [0.5, 0.6) is 0 Å². The van der Waals surface area contributed by atoms with E-state index in [9.17, 15) is 14.4 Å². The summed E-state index contributed by atoms with van der Waals surface area (Å²) in [5.74, 6) is -2.31. The van der Waals surface area contributed by atoms with Gasteiger partial charge in [-0.1, -0.05) is 12.2 Å². The quantitative estimate of drug-likeness (QED) is 0.233. The molecule has 0 amide bonds. The number of hydrogen-bond acceptors (Lipinski definition) is 7. The van der Waals surface area contributed by atoms with Crippen LogP contribution in [-0.2, 0) is 32.7 Å². The van der Waals surface area contributed by atoms with Crippen molar-refractivity contribution < 1.29 is 32.7 Å². The Bertz CT molecular complexity index is 1010. The molecule has 1 heterocycles. The summed E-state index contributed by atoms with van der Waals surface area (Å²) < 4.78 is 25.2. The molecular formula is C26H40O7Si2. The van der Waals surface area contributed by atoms with Crippen molar-refractivity contribution in [3.8, 4) is 0 Å². The summed E-state index contributed by atoms with van der Waals surface area (Å²) in [5, 5.41) is 0. The van der Waals surface area contributed by atoms with Gasteiger partial charge < -0.3 is 18.3 Å². The fourth-order valence-electron chi connectivity index (χ4n) is 8.64. The normalized spacial score (nSPS) is 46.3. The molecule has 5 rings (SSSR count). The van der Waals surface area contributed by atoms with Crippen molar-refractivity contribution in [3.05, 3.63) is 12.2 Å². The fraction of sp³-hybridized carbons (Fsp3) is 0.808. The van der Waals surface area contributed by atoms with Gasteiger partial charge in [0.25, 0.3) is 0 Å². The molecule has 9 heteroatoms. The Morgan fingerprint density at radius 2 is 1.71 bits per heavy atom. The van der Waals surface area contributed by atoms with Crippen LogP contribution in [0.4, 0.5) is 0 Å². The van der Waals surface area contributed by atoms with Crippen molar-refractivity contribution in [2.24, 2.45) is 34.5 Å². The molecule has 0 aromatic carbocycles. The lowest BCUT2D eigenvalue weighted by molar-refractivity contribution is -0.176. The van der Waals surface area contributed by atoms with E-state index in [0.29, 0.717) is 12.8 Å². The lowest BCUT2D eigenvalue weighted by atomic mass is 9.58. The van der Waals surface area contributed by atoms with Crippen LogP contribution in [0.2, 0.25) is 39.3 Å². The monoisotopic (exact) mass is 520 g/mol. The summed E-state index contributed by atoms with van der Waals surface area (Å²) in [6.07, 6.45) is 1.59. The lowest BCUT2D eigenvalue weighted by Gasteiger charge is -2.50. The highest BCUT2D eigenvalue weighted by molar-refractivity contribution is 6.70. The highest BCUT2D eigenvalue weighted by atomic mass is 28.4. The number of Topliss-reactive ketones (excluding diaryl/α,β-unsaturated/α-hetero) is 1. The summed E-state index contributed by atoms with van der Waals surface area (Å²) in [6.45, 7) is 18.9. The topological polar surface area (TPSA) is 88.1 Å². The van der Waals surface area contributed by atoms with E-state index in [0.717, 1.165) is 12.0 Å². The molecule has 194 valence electrons. The number of esters is 2. The van der Waals surface area contributed by atoms with E-state index in [4.69, 9.17) is 18.3 Å². The Balaban J connectivity index is 1.74. The molecule has 4 saturated carbocycles. The second-order valence-corrected chi connectivity index (χ2v) is 22.6. The molecule has 1 saturated heterocycles. The van der Waals surface area contributed by atoms with Gasteiger partial charge in [0.1, 0.15) is 11.0 Å². The number of ether oxygens (including phenoxy) is 2. The molecule has 7 nitrogen and oxygen atoms in total. The van der Waals surface area contributed by atoms with Crippen LogP contribution in [0.1, 0.15) is 32.6 Å². The molecule has 0 N–H and O–H groups in total. The zero-order chi connectivity index (χ0) is 25.9. The summed E-state index contributed by atoms with van der Waals surface area (Å²) >= 11 is 0. The first-order valence-corrected chi connectivity index (χ1v) is 19.7. The van der Waals surface area contributed by atoms with Gasteiger partial charge in [0.2, 0.25) is 0 Å². The third-order valence-electron chi connectivity index (χ3n) is 9.50. The van der Waals surface area contributed by atoms with Gasteiger partial charge in [-0.3, -0.25) is 14.4 Å². The van der Waals surface area contributed by atoms with Crippen molar-refractivity contribution in [2.75, 3.05) is 7.11 Å². The third kappa shape index (κ3) is 3.23. The van der Waals surface area contributed by atoms with Crippen molar-refractivity contribution in [1.29, 1.82) is 0 Å². The average molecular weight is 521 g/mol. The van der Waals surface area contributed by atoms with E-state index in [1.165, 1.54) is 7.11 Å². The predicted octanol–water partition coefficient (Wildman–Crippen LogP) is 4.09. The Labute approximate surface area is 210 Å². The Hall–Kier alpha value is -1.30. The van der Waals surface area contributed by atoms with Gasteiger partial charge in [-0.05, 0) is 70.9 Å². The van der Waals surface area contributed by atoms with Gasteiger partial charge in [-0.15, -0.1) is 0 Å². The van der Waals surface area contributed by atoms with E-state index >= 15 is 0 Å². The van der Waals surface area contributed by atoms with Crippen LogP contribution < -0.4 is 0 Å². The van der Waals surface area contributed by atoms with Crippen molar-refractivity contribution in [3.63, 3.8) is 0 Å². The van der Waals surface area contributed by atoms with E-state index in [2.05, 4.69) is 45.9 Å². The van der Waals surface area contributed by atoms with Crippen LogP contribution in [0.3, 0.4) is 0 Å². The van der Waals surface area contributed by atoms with E-state index in [-0.39, 0.29) is 36.1 Å². The Morgan fingerprint density at radius 3 is 2.29 bits per heavy atom. The number of ketones is 1. The highest BCUT2D eigenvalue weighted by Gasteiger charge is 2.86. The van der Waals surface area contributed by atoms with Gasteiger partial charge in [-0.2, -0.15) is 0 Å². The second kappa shape index (κ2) is 7.39. The maximum Gasteiger partial charge on any atom is 0.320 e. The second-order valence-electron chi connectivity index (χ2n) is 13.7. The van der Waals surface area contributed by atoms with Crippen LogP contribution in [0, 0.1) is 34.5 Å². The first-order chi connectivity index (χ1) is 16.0. The molecule has 4 aliphatic carbocycles. The molecule has 5 aliphatic rings. The molecule has 35 heavy (non-hydrogen) atoms. The highest BCUT2D eigenvalue weighted by Crippen LogP contribution is 2.78.